The Morgan fingerprint density at radius 2 is 0.825 bits per heavy atom. The molecule has 0 aromatic rings. The zero-order valence-electron chi connectivity index (χ0n) is 20.0. The van der Waals surface area contributed by atoms with Crippen molar-refractivity contribution in [3.8, 4) is 0 Å². The summed E-state index contributed by atoms with van der Waals surface area (Å²) >= 11 is 0. The zero-order chi connectivity index (χ0) is 30.5. The number of aliphatic hydroxyl groups is 14. The van der Waals surface area contributed by atoms with Crippen molar-refractivity contribution < 1.29 is 101 Å². The molecule has 0 aromatic carbocycles. The fourth-order valence-electron chi connectivity index (χ4n) is 2.29. The molecule has 14 N–H and O–H groups in total. The van der Waals surface area contributed by atoms with Gasteiger partial charge in [0.2, 0.25) is 0 Å². The molecule has 0 aromatic heterocycles. The van der Waals surface area contributed by atoms with E-state index in [1.807, 2.05) is 0 Å². The van der Waals surface area contributed by atoms with Crippen LogP contribution in [-0.4, -0.2) is 258 Å². The van der Waals surface area contributed by atoms with E-state index < -0.39 is 111 Å². The predicted octanol–water partition coefficient (Wildman–Crippen LogP) is -14.0. The summed E-state index contributed by atoms with van der Waals surface area (Å²) in [5, 5.41) is 147. The van der Waals surface area contributed by atoms with Crippen LogP contribution < -0.4 is 10.2 Å². The number of carboxylic acids is 2. The maximum absolute atomic E-state index is 11.6. The third-order valence-electron chi connectivity index (χ3n) is 4.71. The summed E-state index contributed by atoms with van der Waals surface area (Å²) in [5.74, 6) is -6.12. The van der Waals surface area contributed by atoms with E-state index in [0.717, 1.165) is 0 Å². The van der Waals surface area contributed by atoms with Crippen LogP contribution in [0.1, 0.15) is 0 Å². The van der Waals surface area contributed by atoms with E-state index in [0.29, 0.717) is 0 Å². The van der Waals surface area contributed by atoms with E-state index in [9.17, 15) is 50.1 Å². The molecule has 0 heterocycles. The number of hydrogen-bond acceptors (Lipinski definition) is 20. The summed E-state index contributed by atoms with van der Waals surface area (Å²) in [6, 6.07) is 0. The summed E-state index contributed by atoms with van der Waals surface area (Å²) in [6.07, 6.45) is -26.6. The van der Waals surface area contributed by atoms with Gasteiger partial charge in [-0.15, -0.1) is 0 Å². The molecule has 0 aliphatic heterocycles. The summed E-state index contributed by atoms with van der Waals surface area (Å²) in [5.41, 5.74) is 0. The zero-order valence-corrected chi connectivity index (χ0v) is 22.2. The Bertz CT molecular complexity index is 717. The predicted molar refractivity (Wildman–Crippen MR) is 122 cm³/mol. The van der Waals surface area contributed by atoms with Crippen LogP contribution in [0, 0.1) is 0 Å². The Labute approximate surface area is 284 Å². The van der Waals surface area contributed by atoms with Crippen molar-refractivity contribution in [2.75, 3.05) is 19.8 Å². The van der Waals surface area contributed by atoms with Gasteiger partial charge in [-0.2, -0.15) is 0 Å². The van der Waals surface area contributed by atoms with Crippen molar-refractivity contribution in [3.05, 3.63) is 0 Å². The minimum absolute atomic E-state index is 0. The Hall–Kier alpha value is 0.369. The second kappa shape index (κ2) is 23.8. The van der Waals surface area contributed by atoms with E-state index in [2.05, 4.69) is 4.74 Å². The van der Waals surface area contributed by atoms with Gasteiger partial charge in [-0.1, -0.05) is 0 Å². The van der Waals surface area contributed by atoms with Crippen LogP contribution in [-0.2, 0) is 19.1 Å². The number of rotatable bonds is 16. The monoisotopic (exact) mass is 650 g/mol. The second-order valence-electron chi connectivity index (χ2n) is 7.58. The molecule has 0 amide bonds. The molecule has 0 unspecified atom stereocenters. The fraction of sp³-hybridized carbons (Fsp3) is 0.833. The number of esters is 1. The van der Waals surface area contributed by atoms with Gasteiger partial charge < -0.3 is 96.0 Å². The molecule has 22 heteroatoms. The molecular weight excluding hydrogens is 616 g/mol. The number of ether oxygens (including phenoxy) is 1. The first-order valence-electron chi connectivity index (χ1n) is 10.3. The first kappa shape index (κ1) is 47.3. The molecule has 0 bridgehead atoms. The molecule has 40 heavy (non-hydrogen) atoms. The first-order chi connectivity index (χ1) is 17.4. The van der Waals surface area contributed by atoms with Gasteiger partial charge in [0.1, 0.15) is 61.0 Å². The van der Waals surface area contributed by atoms with Crippen molar-refractivity contribution >= 4 is 93.4 Å². The molecule has 0 spiro atoms. The van der Waals surface area contributed by atoms with Gasteiger partial charge in [-0.05, 0) is 0 Å². The Kier molecular flexibility index (Phi) is 28.1. The average molecular weight is 651 g/mol. The molecule has 12 atom stereocenters. The average Bonchev–Trinajstić information content (AvgIpc) is 2.90. The molecule has 20 nitrogen and oxygen atoms in total. The number of hydrogen-bond donors (Lipinski definition) is 14. The maximum atomic E-state index is 11.6. The van der Waals surface area contributed by atoms with Gasteiger partial charge in [-0.25, -0.2) is 4.79 Å². The quantitative estimate of drug-likeness (QED) is 0.0544. The molecule has 0 aliphatic carbocycles. The molecule has 0 saturated heterocycles. The van der Waals surface area contributed by atoms with Gasteiger partial charge in [-0.3, -0.25) is 0 Å². The van der Waals surface area contributed by atoms with Crippen LogP contribution in [0.2, 0.25) is 0 Å². The van der Waals surface area contributed by atoms with Crippen molar-refractivity contribution in [2.24, 2.45) is 0 Å². The summed E-state index contributed by atoms with van der Waals surface area (Å²) < 4.78 is 4.17. The van der Waals surface area contributed by atoms with Gasteiger partial charge in [0, 0.05) is 0 Å². The first-order valence-corrected chi connectivity index (χ1v) is 10.3. The number of carbonyl (C=O) groups is 3. The van der Waals surface area contributed by atoms with Gasteiger partial charge >= 0.3 is 81.4 Å². The van der Waals surface area contributed by atoms with E-state index >= 15 is 0 Å². The normalized spacial score (nSPS) is 19.9. The van der Waals surface area contributed by atoms with Gasteiger partial charge in [0.05, 0.1) is 31.8 Å². The van der Waals surface area contributed by atoms with E-state index in [4.69, 9.17) is 46.0 Å². The molecule has 0 aliphatic rings. The van der Waals surface area contributed by atoms with Crippen molar-refractivity contribution in [3.63, 3.8) is 0 Å². The molecule has 0 saturated carbocycles. The standard InChI is InChI=1S/C12H22O13.C6H12O7.2Ca.2H/c13-1-3(15)5(17)7(19)9(21)12(24)25-10(11(22)23)8(20)6(18)4(16)2-14;7-1-2(8)3(9)4(10)5(11)6(12)13;;;;/h3-10,13-21H,1-2H2,(H,22,23);2-5,7-11H,1H2,(H,12,13);;;;/q;;;+2;;/p-2/t3-,4-,5-,6-,7+,8+,9-,10-;2-,3-,4+,5-;;;;/m11..../s1. The van der Waals surface area contributed by atoms with Gasteiger partial charge in [0.15, 0.2) is 12.2 Å². The minimum atomic E-state index is -2.62. The van der Waals surface area contributed by atoms with Crippen LogP contribution in [0.25, 0.3) is 0 Å². The van der Waals surface area contributed by atoms with Gasteiger partial charge in [0.25, 0.3) is 0 Å². The number of carbonyl (C=O) groups excluding carboxylic acids is 3. The van der Waals surface area contributed by atoms with Crippen molar-refractivity contribution in [2.45, 2.75) is 73.2 Å². The second-order valence-corrected chi connectivity index (χ2v) is 7.58. The Balaban J connectivity index is -0.000000368. The summed E-state index contributed by atoms with van der Waals surface area (Å²) in [4.78, 5) is 32.5. The van der Waals surface area contributed by atoms with E-state index in [1.54, 1.807) is 0 Å². The van der Waals surface area contributed by atoms with Crippen molar-refractivity contribution in [1.82, 2.24) is 0 Å². The SMILES string of the molecule is O=C(O[C@@H](C(=O)[O-])[C@@H](O)[C@H](O)[C@H](O)CO)[C@H](O)[C@@H](O)[C@H](O)[C@H](O)CO.O=C([O-])[C@H](O)[C@@H](O)[C@H](O)[C@H](O)CO.[Ca+2].[CaH2]. The van der Waals surface area contributed by atoms with Crippen LogP contribution in [0.4, 0.5) is 0 Å². The third kappa shape index (κ3) is 15.7. The Morgan fingerprint density at radius 3 is 1.10 bits per heavy atom. The molecule has 0 radical (unpaired) electrons. The summed E-state index contributed by atoms with van der Waals surface area (Å²) in [6.45, 7) is -2.97. The molecule has 230 valence electrons. The Morgan fingerprint density at radius 1 is 0.525 bits per heavy atom. The van der Waals surface area contributed by atoms with Crippen LogP contribution in [0.15, 0.2) is 0 Å². The molecule has 0 rings (SSSR count). The van der Waals surface area contributed by atoms with E-state index in [-0.39, 0.29) is 75.5 Å². The van der Waals surface area contributed by atoms with Crippen LogP contribution in [0.3, 0.4) is 0 Å². The topological polar surface area (TPSA) is 390 Å². The van der Waals surface area contributed by atoms with E-state index in [1.165, 1.54) is 0 Å². The number of aliphatic hydroxyl groups excluding tert-OH is 14. The van der Waals surface area contributed by atoms with Crippen molar-refractivity contribution in [1.29, 1.82) is 0 Å². The van der Waals surface area contributed by atoms with Crippen LogP contribution in [0.5, 0.6) is 0 Å². The molecular formula is C18H34Ca2O20. The fourth-order valence-corrected chi connectivity index (χ4v) is 2.29. The molecule has 0 fully saturated rings. The number of carboxylic acid groups (broad SMARTS) is 2. The van der Waals surface area contributed by atoms with Crippen LogP contribution >= 0.6 is 0 Å². The third-order valence-corrected chi connectivity index (χ3v) is 4.71. The number of aliphatic carboxylic acids is 2. The summed E-state index contributed by atoms with van der Waals surface area (Å²) in [7, 11) is 0.